The smallest absolute Gasteiger partial charge is 0.0000235 e. The Morgan fingerprint density at radius 1 is 0.143 bits per heavy atom. The number of hydrogen-bond acceptors (Lipinski definition) is 0. The first-order chi connectivity index (χ1) is 27.8. The van der Waals surface area contributed by atoms with Crippen LogP contribution in [0.3, 0.4) is 0 Å². The zero-order valence-corrected chi connectivity index (χ0v) is 29.7. The van der Waals surface area contributed by atoms with E-state index in [0.717, 1.165) is 0 Å². The molecule has 0 nitrogen and oxygen atoms in total. The molecule has 56 heavy (non-hydrogen) atoms. The van der Waals surface area contributed by atoms with Crippen molar-refractivity contribution in [2.24, 2.45) is 0 Å². The lowest BCUT2D eigenvalue weighted by Crippen LogP contribution is -1.92. The van der Waals surface area contributed by atoms with Crippen LogP contribution < -0.4 is 0 Å². The maximum atomic E-state index is 2.58. The van der Waals surface area contributed by atoms with Gasteiger partial charge < -0.3 is 0 Å². The molecule has 18 rings (SSSR count). The van der Waals surface area contributed by atoms with E-state index in [1.807, 2.05) is 0 Å². The van der Waals surface area contributed by atoms with Gasteiger partial charge in [-0.25, -0.2) is 0 Å². The van der Waals surface area contributed by atoms with Gasteiger partial charge in [0.25, 0.3) is 0 Å². The normalized spacial score (nSPS) is 14.1. The second-order valence-corrected chi connectivity index (χ2v) is 17.3. The van der Waals surface area contributed by atoms with Gasteiger partial charge in [0.1, 0.15) is 0 Å². The third-order valence-corrected chi connectivity index (χ3v) is 15.2. The molecule has 0 atom stereocenters. The number of fused-ring (bicyclic) bond motifs is 4. The van der Waals surface area contributed by atoms with E-state index in [0.29, 0.717) is 0 Å². The Morgan fingerprint density at radius 3 is 1.20 bits per heavy atom. The third kappa shape index (κ3) is 2.29. The van der Waals surface area contributed by atoms with E-state index in [-0.39, 0.29) is 0 Å². The van der Waals surface area contributed by atoms with Crippen LogP contribution in [0.5, 0.6) is 0 Å². The molecule has 0 aliphatic heterocycles. The molecule has 0 N–H and O–H groups in total. The topological polar surface area (TPSA) is 0 Å². The van der Waals surface area contributed by atoms with Crippen LogP contribution in [0.1, 0.15) is 0 Å². The molecule has 0 aliphatic carbocycles. The molecule has 0 heteroatoms. The Morgan fingerprint density at radius 2 is 0.464 bits per heavy atom. The molecule has 18 aromatic rings. The van der Waals surface area contributed by atoms with Crippen molar-refractivity contribution in [3.8, 4) is 0 Å². The lowest BCUT2D eigenvalue weighted by molar-refractivity contribution is 1.83. The number of benzene rings is 14. The summed E-state index contributed by atoms with van der Waals surface area (Å²) in [5.41, 5.74) is 0. The zero-order chi connectivity index (χ0) is 35.2. The largest absolute Gasteiger partial charge is 0.0610 e. The Kier molecular flexibility index (Phi) is 3.51. The van der Waals surface area contributed by atoms with Crippen LogP contribution >= 0.6 is 0 Å². The predicted molar refractivity (Wildman–Crippen MR) is 245 cm³/mol. The summed E-state index contributed by atoms with van der Waals surface area (Å²) in [6.07, 6.45) is 0. The second kappa shape index (κ2) is 7.65. The zero-order valence-electron chi connectivity index (χ0n) is 29.7. The highest BCUT2D eigenvalue weighted by molar-refractivity contribution is 6.64. The predicted octanol–water partition coefficient (Wildman–Crippen LogP) is 16.2. The molecule has 0 aromatic heterocycles. The molecule has 0 radical (unpaired) electrons. The van der Waals surface area contributed by atoms with Gasteiger partial charge in [-0.05, 0) is 213 Å². The van der Waals surface area contributed by atoms with Gasteiger partial charge in [-0.1, -0.05) is 103 Å². The molecular formula is C56H22. The molecule has 0 spiro atoms. The van der Waals surface area contributed by atoms with E-state index >= 15 is 0 Å². The molecule has 0 saturated carbocycles. The minimum Gasteiger partial charge on any atom is -0.0610 e. The summed E-state index contributed by atoms with van der Waals surface area (Å²) in [5.74, 6) is 0. The highest BCUT2D eigenvalue weighted by Crippen LogP contribution is 2.63. The first-order valence-corrected chi connectivity index (χ1v) is 20.0. The second-order valence-electron chi connectivity index (χ2n) is 17.3. The Balaban J connectivity index is 1.33. The summed E-state index contributed by atoms with van der Waals surface area (Å²) in [5, 5.41) is 47.9. The molecule has 0 saturated heterocycles. The average Bonchev–Trinajstić information content (AvgIpc) is 3.66. The van der Waals surface area contributed by atoms with Crippen molar-refractivity contribution < 1.29 is 0 Å². The van der Waals surface area contributed by atoms with Crippen molar-refractivity contribution in [3.63, 3.8) is 0 Å². The number of rotatable bonds is 0. The average molecular weight is 695 g/mol. The van der Waals surface area contributed by atoms with Crippen LogP contribution in [-0.2, 0) is 0 Å². The van der Waals surface area contributed by atoms with Crippen LogP contribution in [0.2, 0.25) is 0 Å². The quantitative estimate of drug-likeness (QED) is 0.109. The summed E-state index contributed by atoms with van der Waals surface area (Å²) in [4.78, 5) is 0. The molecule has 0 amide bonds. The fraction of sp³-hybridized carbons (Fsp3) is 0. The lowest BCUT2D eigenvalue weighted by atomic mass is 9.81. The maximum absolute atomic E-state index is 2.58. The Labute approximate surface area is 315 Å². The molecule has 0 heterocycles. The van der Waals surface area contributed by atoms with Crippen molar-refractivity contribution in [2.45, 2.75) is 0 Å². The van der Waals surface area contributed by atoms with Gasteiger partial charge in [0.05, 0.1) is 0 Å². The first kappa shape index (κ1) is 25.7. The van der Waals surface area contributed by atoms with Crippen molar-refractivity contribution in [2.75, 3.05) is 0 Å². The molecular weight excluding hydrogens is 673 g/mol. The van der Waals surface area contributed by atoms with Gasteiger partial charge in [-0.15, -0.1) is 0 Å². The highest BCUT2D eigenvalue weighted by atomic mass is 14.4. The molecule has 0 fully saturated rings. The lowest BCUT2D eigenvalue weighted by Gasteiger charge is -2.21. The third-order valence-electron chi connectivity index (χ3n) is 15.2. The van der Waals surface area contributed by atoms with Crippen molar-refractivity contribution in [3.05, 3.63) is 133 Å². The maximum Gasteiger partial charge on any atom is -0.0000235 e. The first-order valence-electron chi connectivity index (χ1n) is 20.0. The van der Waals surface area contributed by atoms with E-state index in [1.54, 1.807) is 0 Å². The van der Waals surface area contributed by atoms with Crippen molar-refractivity contribution in [1.29, 1.82) is 0 Å². The fourth-order valence-electron chi connectivity index (χ4n) is 13.5. The van der Waals surface area contributed by atoms with Crippen LogP contribution in [0.25, 0.3) is 183 Å². The van der Waals surface area contributed by atoms with Gasteiger partial charge >= 0.3 is 0 Å². The van der Waals surface area contributed by atoms with E-state index in [2.05, 4.69) is 133 Å². The summed E-state index contributed by atoms with van der Waals surface area (Å²) >= 11 is 0. The van der Waals surface area contributed by atoms with Crippen LogP contribution in [-0.4, -0.2) is 0 Å². The Bertz CT molecular complexity index is 4770. The minimum atomic E-state index is 1.32. The van der Waals surface area contributed by atoms with E-state index < -0.39 is 0 Å². The van der Waals surface area contributed by atoms with Crippen molar-refractivity contribution in [1.82, 2.24) is 0 Å². The summed E-state index contributed by atoms with van der Waals surface area (Å²) in [6, 6.07) is 52.8. The Hall–Kier alpha value is -7.28. The van der Waals surface area contributed by atoms with E-state index in [4.69, 9.17) is 0 Å². The van der Waals surface area contributed by atoms with Gasteiger partial charge in [-0.3, -0.25) is 0 Å². The number of hydrogen-bond donors (Lipinski definition) is 0. The highest BCUT2D eigenvalue weighted by Gasteiger charge is 2.33. The van der Waals surface area contributed by atoms with Gasteiger partial charge in [0.2, 0.25) is 0 Å². The van der Waals surface area contributed by atoms with Gasteiger partial charge in [0, 0.05) is 0 Å². The standard InChI is InChI=1S/C56H22/c1-4-23-12-15-31-22-35-46-36-21-29-7-2-6-26-18-30-14-13-24-10-11-25-16-17-34-45-33-9-3-8-28-20-32-19-27(5-1)37(23)42(31)44(32)48(35)51(39(28)33)54(46)53(45)56-49(36)50(38(26)29)52-43(30)40(24)41(25)47(34)55(52)56/h1-22H. The SMILES string of the molecule is c1cc2ccc3cc4c5c6cc7cccc8cc9ccc%10ccc%11ccc%12c%13c%14cccc%15cc%16cc(c1)c2c3c%16c4c(c%15%14)c5c%13c1c6c(c87)c2c9c%10c%11c%12c21. The van der Waals surface area contributed by atoms with E-state index in [1.165, 1.54) is 183 Å². The van der Waals surface area contributed by atoms with Crippen LogP contribution in [0.4, 0.5) is 0 Å². The van der Waals surface area contributed by atoms with Crippen LogP contribution in [0.15, 0.2) is 133 Å². The summed E-state index contributed by atoms with van der Waals surface area (Å²) in [7, 11) is 0. The molecule has 0 aliphatic rings. The fourth-order valence-corrected chi connectivity index (χ4v) is 13.5. The monoisotopic (exact) mass is 694 g/mol. The molecule has 246 valence electrons. The molecule has 0 bridgehead atoms. The molecule has 18 aromatic carbocycles. The van der Waals surface area contributed by atoms with Crippen LogP contribution in [0, 0.1) is 0 Å². The van der Waals surface area contributed by atoms with Gasteiger partial charge in [-0.2, -0.15) is 0 Å². The minimum absolute atomic E-state index is 1.32. The summed E-state index contributed by atoms with van der Waals surface area (Å²) in [6.45, 7) is 0. The van der Waals surface area contributed by atoms with E-state index in [9.17, 15) is 0 Å². The van der Waals surface area contributed by atoms with Gasteiger partial charge in [0.15, 0.2) is 0 Å². The summed E-state index contributed by atoms with van der Waals surface area (Å²) < 4.78 is 0. The molecule has 0 unspecified atom stereocenters. The van der Waals surface area contributed by atoms with Crippen molar-refractivity contribution >= 4 is 183 Å².